The van der Waals surface area contributed by atoms with Gasteiger partial charge in [-0.1, -0.05) is 23.7 Å². The summed E-state index contributed by atoms with van der Waals surface area (Å²) in [6, 6.07) is 17.2. The van der Waals surface area contributed by atoms with Gasteiger partial charge in [0.05, 0.1) is 23.6 Å². The molecule has 2 aliphatic heterocycles. The molecular formula is C26H28ClN3O3. The summed E-state index contributed by atoms with van der Waals surface area (Å²) in [5.41, 5.74) is 3.38. The number of carbonyl (C=O) groups is 1. The van der Waals surface area contributed by atoms with Gasteiger partial charge >= 0.3 is 0 Å². The molecule has 2 aromatic carbocycles. The van der Waals surface area contributed by atoms with Crippen LogP contribution in [0.25, 0.3) is 5.69 Å². The Balaban J connectivity index is 1.21. The maximum Gasteiger partial charge on any atom is 0.253 e. The Kier molecular flexibility index (Phi) is 5.89. The second-order valence-electron chi connectivity index (χ2n) is 9.08. The van der Waals surface area contributed by atoms with E-state index in [1.807, 2.05) is 78.0 Å². The molecule has 0 aliphatic carbocycles. The molecule has 0 N–H and O–H groups in total. The van der Waals surface area contributed by atoms with E-state index >= 15 is 0 Å². The quantitative estimate of drug-likeness (QED) is 0.545. The van der Waals surface area contributed by atoms with Crippen LogP contribution in [-0.2, 0) is 4.74 Å². The van der Waals surface area contributed by atoms with Crippen LogP contribution in [0.15, 0.2) is 54.6 Å². The first-order valence-corrected chi connectivity index (χ1v) is 11.8. The van der Waals surface area contributed by atoms with E-state index in [0.29, 0.717) is 30.3 Å². The summed E-state index contributed by atoms with van der Waals surface area (Å²) < 4.78 is 14.2. The molecule has 0 unspecified atom stereocenters. The molecule has 1 amide bonds. The van der Waals surface area contributed by atoms with E-state index in [2.05, 4.69) is 5.10 Å². The van der Waals surface area contributed by atoms with Crippen LogP contribution in [0.4, 0.5) is 0 Å². The Bertz CT molecular complexity index is 1170. The smallest absolute Gasteiger partial charge is 0.253 e. The Morgan fingerprint density at radius 2 is 1.91 bits per heavy atom. The number of amides is 1. The summed E-state index contributed by atoms with van der Waals surface area (Å²) in [6.45, 7) is 5.89. The Morgan fingerprint density at radius 1 is 1.12 bits per heavy atom. The fourth-order valence-corrected chi connectivity index (χ4v) is 5.10. The SMILES string of the molecule is Cc1cc(C)n(-c2cccc(C(=O)N3CCC4(CC3)C[C@H](Oc3cccc(Cl)c3)CO4)c2)n1. The van der Waals surface area contributed by atoms with Crippen molar-refractivity contribution in [2.75, 3.05) is 19.7 Å². The summed E-state index contributed by atoms with van der Waals surface area (Å²) in [7, 11) is 0. The maximum atomic E-state index is 13.2. The number of nitrogens with zero attached hydrogens (tertiary/aromatic N) is 3. The van der Waals surface area contributed by atoms with Crippen LogP contribution in [0.3, 0.4) is 0 Å². The summed E-state index contributed by atoms with van der Waals surface area (Å²) in [5.74, 6) is 0.821. The molecule has 3 aromatic rings. The second kappa shape index (κ2) is 8.84. The summed E-state index contributed by atoms with van der Waals surface area (Å²) in [6.07, 6.45) is 2.45. The Labute approximate surface area is 199 Å². The molecule has 33 heavy (non-hydrogen) atoms. The number of rotatable bonds is 4. The lowest BCUT2D eigenvalue weighted by molar-refractivity contribution is -0.0395. The summed E-state index contributed by atoms with van der Waals surface area (Å²) in [4.78, 5) is 15.2. The lowest BCUT2D eigenvalue weighted by Crippen LogP contribution is -2.46. The van der Waals surface area contributed by atoms with Crippen LogP contribution in [0.2, 0.25) is 5.02 Å². The summed E-state index contributed by atoms with van der Waals surface area (Å²) >= 11 is 6.07. The molecular weight excluding hydrogens is 438 g/mol. The highest BCUT2D eigenvalue weighted by Gasteiger charge is 2.44. The molecule has 2 aliphatic rings. The average molecular weight is 466 g/mol. The van der Waals surface area contributed by atoms with Gasteiger partial charge in [0, 0.05) is 35.8 Å². The molecule has 7 heteroatoms. The van der Waals surface area contributed by atoms with Crippen molar-refractivity contribution >= 4 is 17.5 Å². The molecule has 5 rings (SSSR count). The van der Waals surface area contributed by atoms with Crippen molar-refractivity contribution in [1.82, 2.24) is 14.7 Å². The molecule has 1 spiro atoms. The maximum absolute atomic E-state index is 13.2. The fraction of sp³-hybridized carbons (Fsp3) is 0.385. The van der Waals surface area contributed by atoms with Crippen molar-refractivity contribution in [3.05, 3.63) is 76.6 Å². The van der Waals surface area contributed by atoms with Crippen molar-refractivity contribution in [2.45, 2.75) is 44.8 Å². The van der Waals surface area contributed by atoms with Gasteiger partial charge in [-0.2, -0.15) is 5.10 Å². The topological polar surface area (TPSA) is 56.6 Å². The molecule has 3 heterocycles. The van der Waals surface area contributed by atoms with E-state index in [9.17, 15) is 4.79 Å². The minimum Gasteiger partial charge on any atom is -0.488 e. The second-order valence-corrected chi connectivity index (χ2v) is 9.51. The zero-order chi connectivity index (χ0) is 23.0. The first-order valence-electron chi connectivity index (χ1n) is 11.4. The average Bonchev–Trinajstić information content (AvgIpc) is 3.35. The number of hydrogen-bond donors (Lipinski definition) is 0. The van der Waals surface area contributed by atoms with Gasteiger partial charge in [0.15, 0.2) is 0 Å². The van der Waals surface area contributed by atoms with E-state index in [1.165, 1.54) is 0 Å². The van der Waals surface area contributed by atoms with E-state index in [1.54, 1.807) is 0 Å². The van der Waals surface area contributed by atoms with Gasteiger partial charge in [0.1, 0.15) is 11.9 Å². The monoisotopic (exact) mass is 465 g/mol. The Hall–Kier alpha value is -2.83. The number of carbonyl (C=O) groups excluding carboxylic acids is 1. The third-order valence-electron chi connectivity index (χ3n) is 6.58. The molecule has 1 atom stereocenters. The van der Waals surface area contributed by atoms with Crippen molar-refractivity contribution in [2.24, 2.45) is 0 Å². The normalized spacial score (nSPS) is 19.7. The zero-order valence-corrected chi connectivity index (χ0v) is 19.7. The van der Waals surface area contributed by atoms with Crippen molar-refractivity contribution in [1.29, 1.82) is 0 Å². The van der Waals surface area contributed by atoms with Gasteiger partial charge in [-0.25, -0.2) is 4.68 Å². The number of aryl methyl sites for hydroxylation is 2. The fourth-order valence-electron chi connectivity index (χ4n) is 4.92. The third-order valence-corrected chi connectivity index (χ3v) is 6.82. The lowest BCUT2D eigenvalue weighted by atomic mass is 9.87. The summed E-state index contributed by atoms with van der Waals surface area (Å²) in [5, 5.41) is 5.20. The van der Waals surface area contributed by atoms with Crippen LogP contribution < -0.4 is 4.74 Å². The molecule has 0 bridgehead atoms. The Morgan fingerprint density at radius 3 is 2.64 bits per heavy atom. The van der Waals surface area contributed by atoms with Crippen LogP contribution in [-0.4, -0.2) is 52.0 Å². The van der Waals surface area contributed by atoms with Crippen LogP contribution in [0, 0.1) is 13.8 Å². The molecule has 6 nitrogen and oxygen atoms in total. The molecule has 1 aromatic heterocycles. The van der Waals surface area contributed by atoms with Gasteiger partial charge in [-0.15, -0.1) is 0 Å². The zero-order valence-electron chi connectivity index (χ0n) is 19.0. The first-order chi connectivity index (χ1) is 15.9. The van der Waals surface area contributed by atoms with Gasteiger partial charge in [-0.05, 0) is 69.2 Å². The highest BCUT2D eigenvalue weighted by molar-refractivity contribution is 6.30. The van der Waals surface area contributed by atoms with E-state index in [0.717, 1.165) is 42.1 Å². The van der Waals surface area contributed by atoms with Crippen LogP contribution in [0.5, 0.6) is 5.75 Å². The van der Waals surface area contributed by atoms with Crippen LogP contribution in [0.1, 0.15) is 41.0 Å². The standard InChI is InChI=1S/C26H28ClN3O3/c1-18-13-19(2)30(28-18)22-7-3-5-20(14-22)25(31)29-11-9-26(10-12-29)16-24(17-32-26)33-23-8-4-6-21(27)15-23/h3-8,13-15,24H,9-12,16-17H2,1-2H3/t24-/m0/s1. The van der Waals surface area contributed by atoms with E-state index in [-0.39, 0.29) is 17.6 Å². The first kappa shape index (κ1) is 22.0. The van der Waals surface area contributed by atoms with E-state index < -0.39 is 0 Å². The predicted molar refractivity (Wildman–Crippen MR) is 127 cm³/mol. The van der Waals surface area contributed by atoms with Gasteiger partial charge in [-0.3, -0.25) is 4.79 Å². The number of hydrogen-bond acceptors (Lipinski definition) is 4. The van der Waals surface area contributed by atoms with Gasteiger partial charge in [0.25, 0.3) is 5.91 Å². The highest BCUT2D eigenvalue weighted by Crippen LogP contribution is 2.38. The minimum absolute atomic E-state index is 0.00293. The van der Waals surface area contributed by atoms with Crippen molar-refractivity contribution in [3.8, 4) is 11.4 Å². The largest absolute Gasteiger partial charge is 0.488 e. The molecule has 2 fully saturated rings. The molecule has 0 radical (unpaired) electrons. The molecule has 172 valence electrons. The van der Waals surface area contributed by atoms with Crippen molar-refractivity contribution < 1.29 is 14.3 Å². The molecule has 0 saturated carbocycles. The number of benzene rings is 2. The predicted octanol–water partition coefficient (Wildman–Crippen LogP) is 4.99. The van der Waals surface area contributed by atoms with Gasteiger partial charge in [0.2, 0.25) is 0 Å². The number of piperidine rings is 1. The minimum atomic E-state index is -0.217. The van der Waals surface area contributed by atoms with E-state index in [4.69, 9.17) is 21.1 Å². The highest BCUT2D eigenvalue weighted by atomic mass is 35.5. The number of ether oxygens (including phenoxy) is 2. The number of likely N-dealkylation sites (tertiary alicyclic amines) is 1. The van der Waals surface area contributed by atoms with Crippen molar-refractivity contribution in [3.63, 3.8) is 0 Å². The lowest BCUT2D eigenvalue weighted by Gasteiger charge is -2.38. The van der Waals surface area contributed by atoms with Gasteiger partial charge < -0.3 is 14.4 Å². The number of halogens is 1. The van der Waals surface area contributed by atoms with Crippen LogP contribution >= 0.6 is 11.6 Å². The number of aromatic nitrogens is 2. The molecule has 2 saturated heterocycles. The third kappa shape index (κ3) is 4.63.